The summed E-state index contributed by atoms with van der Waals surface area (Å²) >= 11 is 0. The van der Waals surface area contributed by atoms with Gasteiger partial charge in [0.1, 0.15) is 5.75 Å². The molecule has 40 heavy (non-hydrogen) atoms. The van der Waals surface area contributed by atoms with Gasteiger partial charge in [-0.05, 0) is 71.6 Å². The number of esters is 1. The van der Waals surface area contributed by atoms with E-state index in [0.29, 0.717) is 54.4 Å². The number of nitroso groups, excluding NO2 is 1. The molecule has 2 N–H and O–H groups in total. The SMILES string of the molecule is COC(=O)CC(c1ccc2c(c1)OCO2)N1CCc2cc(Oc3cccc(NCCCO)c3N=O)ccc2C1=O. The summed E-state index contributed by atoms with van der Waals surface area (Å²) in [5.74, 6) is 1.26. The topological polar surface area (TPSA) is 136 Å². The zero-order chi connectivity index (χ0) is 28.1. The molecule has 3 aromatic rings. The van der Waals surface area contributed by atoms with Gasteiger partial charge in [0.15, 0.2) is 22.9 Å². The van der Waals surface area contributed by atoms with Gasteiger partial charge in [-0.2, -0.15) is 0 Å². The van der Waals surface area contributed by atoms with Crippen LogP contribution < -0.4 is 19.5 Å². The summed E-state index contributed by atoms with van der Waals surface area (Å²) in [5.41, 5.74) is 2.66. The molecule has 5 rings (SSSR count). The third-order valence-corrected chi connectivity index (χ3v) is 6.90. The van der Waals surface area contributed by atoms with Crippen molar-refractivity contribution in [3.05, 3.63) is 76.2 Å². The molecule has 0 saturated heterocycles. The van der Waals surface area contributed by atoms with Crippen LogP contribution in [-0.2, 0) is 16.0 Å². The summed E-state index contributed by atoms with van der Waals surface area (Å²) in [6.45, 7) is 0.994. The highest BCUT2D eigenvalue weighted by Gasteiger charge is 2.33. The number of nitrogens with zero attached hydrogens (tertiary/aromatic N) is 2. The molecular weight excluding hydrogens is 518 g/mol. The number of aliphatic hydroxyl groups excluding tert-OH is 1. The van der Waals surface area contributed by atoms with E-state index in [9.17, 15) is 14.5 Å². The quantitative estimate of drug-likeness (QED) is 0.199. The number of carbonyl (C=O) groups is 2. The second kappa shape index (κ2) is 12.0. The van der Waals surface area contributed by atoms with E-state index in [4.69, 9.17) is 24.1 Å². The third kappa shape index (κ3) is 5.55. The molecule has 2 aliphatic heterocycles. The van der Waals surface area contributed by atoms with Crippen molar-refractivity contribution in [3.8, 4) is 23.0 Å². The Hall–Kier alpha value is -4.64. The molecule has 3 aromatic carbocycles. The number of amides is 1. The van der Waals surface area contributed by atoms with Crippen molar-refractivity contribution in [1.29, 1.82) is 0 Å². The third-order valence-electron chi connectivity index (χ3n) is 6.90. The molecule has 0 aromatic heterocycles. The standard InChI is InChI=1S/C29H29N3O8/c1-37-27(34)16-23(19-6-9-24-26(15-19)39-17-38-24)32-12-10-18-14-20(7-8-21(18)29(32)35)40-25-5-2-4-22(28(25)31-36)30-11-3-13-33/h2,4-9,14-15,23,30,33H,3,10-13,16-17H2,1H3. The molecule has 0 saturated carbocycles. The molecule has 0 aliphatic carbocycles. The van der Waals surface area contributed by atoms with Gasteiger partial charge in [0.2, 0.25) is 6.79 Å². The van der Waals surface area contributed by atoms with E-state index in [0.717, 1.165) is 11.1 Å². The lowest BCUT2D eigenvalue weighted by Gasteiger charge is -2.35. The second-order valence-corrected chi connectivity index (χ2v) is 9.33. The largest absolute Gasteiger partial charge is 0.469 e. The van der Waals surface area contributed by atoms with E-state index in [1.54, 1.807) is 53.4 Å². The van der Waals surface area contributed by atoms with Gasteiger partial charge in [0.25, 0.3) is 5.91 Å². The lowest BCUT2D eigenvalue weighted by molar-refractivity contribution is -0.141. The lowest BCUT2D eigenvalue weighted by Crippen LogP contribution is -2.41. The van der Waals surface area contributed by atoms with Crippen molar-refractivity contribution in [2.75, 3.05) is 38.9 Å². The monoisotopic (exact) mass is 547 g/mol. The van der Waals surface area contributed by atoms with Crippen LogP contribution in [0.2, 0.25) is 0 Å². The van der Waals surface area contributed by atoms with E-state index in [2.05, 4.69) is 10.5 Å². The number of ether oxygens (including phenoxy) is 4. The van der Waals surface area contributed by atoms with Crippen molar-refractivity contribution in [2.45, 2.75) is 25.3 Å². The van der Waals surface area contributed by atoms with Crippen molar-refractivity contribution in [3.63, 3.8) is 0 Å². The van der Waals surface area contributed by atoms with E-state index >= 15 is 0 Å². The Labute approximate surface area is 230 Å². The molecule has 0 fully saturated rings. The van der Waals surface area contributed by atoms with Crippen LogP contribution in [-0.4, -0.2) is 55.5 Å². The van der Waals surface area contributed by atoms with Gasteiger partial charge in [-0.25, -0.2) is 0 Å². The van der Waals surface area contributed by atoms with Crippen LogP contribution in [0.3, 0.4) is 0 Å². The molecule has 0 radical (unpaired) electrons. The fraction of sp³-hybridized carbons (Fsp3) is 0.310. The molecule has 1 amide bonds. The highest BCUT2D eigenvalue weighted by molar-refractivity contribution is 5.97. The van der Waals surface area contributed by atoms with Crippen molar-refractivity contribution < 1.29 is 33.6 Å². The van der Waals surface area contributed by atoms with E-state index < -0.39 is 12.0 Å². The van der Waals surface area contributed by atoms with Gasteiger partial charge in [0.05, 0.1) is 25.3 Å². The van der Waals surface area contributed by atoms with Crippen molar-refractivity contribution in [1.82, 2.24) is 4.90 Å². The maximum Gasteiger partial charge on any atom is 0.307 e. The average Bonchev–Trinajstić information content (AvgIpc) is 3.45. The Morgan fingerprint density at radius 1 is 1.15 bits per heavy atom. The van der Waals surface area contributed by atoms with Gasteiger partial charge in [-0.3, -0.25) is 9.59 Å². The Bertz CT molecular complexity index is 1430. The lowest BCUT2D eigenvalue weighted by atomic mass is 9.94. The molecule has 0 bridgehead atoms. The Kier molecular flexibility index (Phi) is 8.11. The van der Waals surface area contributed by atoms with Gasteiger partial charge in [0, 0.05) is 25.3 Å². The minimum atomic E-state index is -0.555. The predicted molar refractivity (Wildman–Crippen MR) is 145 cm³/mol. The molecule has 2 heterocycles. The first-order chi connectivity index (χ1) is 19.5. The van der Waals surface area contributed by atoms with Crippen molar-refractivity contribution >= 4 is 23.3 Å². The Morgan fingerprint density at radius 3 is 2.80 bits per heavy atom. The smallest absolute Gasteiger partial charge is 0.307 e. The van der Waals surface area contributed by atoms with Crippen LogP contribution in [0.1, 0.15) is 40.4 Å². The Morgan fingerprint density at radius 2 is 2.00 bits per heavy atom. The molecule has 208 valence electrons. The predicted octanol–water partition coefficient (Wildman–Crippen LogP) is 4.70. The number of aliphatic hydroxyl groups is 1. The highest BCUT2D eigenvalue weighted by Crippen LogP contribution is 2.40. The molecule has 11 nitrogen and oxygen atoms in total. The fourth-order valence-corrected chi connectivity index (χ4v) is 4.88. The number of nitrogens with one attached hydrogen (secondary N) is 1. The number of anilines is 1. The minimum absolute atomic E-state index is 0.0113. The maximum atomic E-state index is 13.7. The van der Waals surface area contributed by atoms with Crippen molar-refractivity contribution in [2.24, 2.45) is 5.18 Å². The number of hydrogen-bond donors (Lipinski definition) is 2. The Balaban J connectivity index is 1.38. The van der Waals surface area contributed by atoms with E-state index in [1.807, 2.05) is 6.07 Å². The number of rotatable bonds is 11. The summed E-state index contributed by atoms with van der Waals surface area (Å²) in [4.78, 5) is 39.3. The first-order valence-electron chi connectivity index (χ1n) is 12.9. The summed E-state index contributed by atoms with van der Waals surface area (Å²) < 4.78 is 21.8. The van der Waals surface area contributed by atoms with Crippen LogP contribution in [0.4, 0.5) is 11.4 Å². The van der Waals surface area contributed by atoms with Crippen LogP contribution in [0.15, 0.2) is 59.8 Å². The zero-order valence-electron chi connectivity index (χ0n) is 21.9. The first-order valence-corrected chi connectivity index (χ1v) is 12.9. The van der Waals surface area contributed by atoms with E-state index in [1.165, 1.54) is 7.11 Å². The number of methoxy groups -OCH3 is 1. The van der Waals surface area contributed by atoms with Crippen LogP contribution >= 0.6 is 0 Å². The second-order valence-electron chi connectivity index (χ2n) is 9.33. The summed E-state index contributed by atoms with van der Waals surface area (Å²) in [6.07, 6.45) is 1.04. The number of benzene rings is 3. The summed E-state index contributed by atoms with van der Waals surface area (Å²) in [6, 6.07) is 15.1. The highest BCUT2D eigenvalue weighted by atomic mass is 16.7. The molecule has 2 aliphatic rings. The summed E-state index contributed by atoms with van der Waals surface area (Å²) in [7, 11) is 1.32. The normalized spacial score (nSPS) is 14.3. The number of carbonyl (C=O) groups excluding carboxylic acids is 2. The summed E-state index contributed by atoms with van der Waals surface area (Å²) in [5, 5.41) is 15.2. The van der Waals surface area contributed by atoms with Gasteiger partial charge < -0.3 is 34.3 Å². The van der Waals surface area contributed by atoms with Gasteiger partial charge >= 0.3 is 5.97 Å². The minimum Gasteiger partial charge on any atom is -0.469 e. The maximum absolute atomic E-state index is 13.7. The molecule has 1 atom stereocenters. The fourth-order valence-electron chi connectivity index (χ4n) is 4.88. The molecule has 1 unspecified atom stereocenters. The number of hydrogen-bond acceptors (Lipinski definition) is 10. The van der Waals surface area contributed by atoms with Crippen LogP contribution in [0, 0.1) is 4.91 Å². The molecular formula is C29H29N3O8. The molecule has 0 spiro atoms. The van der Waals surface area contributed by atoms with Gasteiger partial charge in [-0.1, -0.05) is 12.1 Å². The van der Waals surface area contributed by atoms with E-state index in [-0.39, 0.29) is 37.2 Å². The van der Waals surface area contributed by atoms with Crippen LogP contribution in [0.5, 0.6) is 23.0 Å². The molecule has 11 heteroatoms. The van der Waals surface area contributed by atoms with Gasteiger partial charge in [-0.15, -0.1) is 4.91 Å². The zero-order valence-corrected chi connectivity index (χ0v) is 21.9. The first kappa shape index (κ1) is 26.9. The number of fused-ring (bicyclic) bond motifs is 2. The van der Waals surface area contributed by atoms with Crippen LogP contribution in [0.25, 0.3) is 0 Å². The average molecular weight is 548 g/mol.